The van der Waals surface area contributed by atoms with Gasteiger partial charge < -0.3 is 14.2 Å². The molecule has 0 bridgehead atoms. The van der Waals surface area contributed by atoms with Crippen LogP contribution in [0.3, 0.4) is 0 Å². The zero-order valence-electron chi connectivity index (χ0n) is 11.1. The highest BCUT2D eigenvalue weighted by molar-refractivity contribution is 14.1. The number of benzene rings is 1. The van der Waals surface area contributed by atoms with Crippen LogP contribution in [-0.2, 0) is 14.2 Å². The highest BCUT2D eigenvalue weighted by atomic mass is 127. The fourth-order valence-corrected chi connectivity index (χ4v) is 2.57. The molecule has 0 aliphatic carbocycles. The van der Waals surface area contributed by atoms with E-state index in [0.717, 1.165) is 28.5 Å². The maximum atomic E-state index is 5.89. The van der Waals surface area contributed by atoms with Gasteiger partial charge in [-0.2, -0.15) is 0 Å². The first-order chi connectivity index (χ1) is 9.27. The molecule has 0 aliphatic heterocycles. The topological polar surface area (TPSA) is 27.7 Å². The summed E-state index contributed by atoms with van der Waals surface area (Å²) in [5.74, 6) is 0. The van der Waals surface area contributed by atoms with E-state index in [2.05, 4.69) is 50.7 Å². The summed E-state index contributed by atoms with van der Waals surface area (Å²) < 4.78 is 18.2. The second kappa shape index (κ2) is 11.0. The maximum Gasteiger partial charge on any atom is 0.0914 e. The van der Waals surface area contributed by atoms with Crippen molar-refractivity contribution in [2.24, 2.45) is 0 Å². The lowest BCUT2D eigenvalue weighted by molar-refractivity contribution is 0.0321. The van der Waals surface area contributed by atoms with Gasteiger partial charge in [0.05, 0.1) is 19.3 Å². The third-order valence-corrected chi connectivity index (χ3v) is 3.89. The lowest BCUT2D eigenvalue weighted by atomic mass is 10.1. The van der Waals surface area contributed by atoms with E-state index in [1.54, 1.807) is 7.11 Å². The van der Waals surface area contributed by atoms with E-state index in [1.807, 2.05) is 12.1 Å². The standard InChI is InChI=1S/C14H20BrIO3/c1-17-9-10-18-7-2-8-19-14(11-16)12-3-5-13(15)6-4-12/h3-6,14H,2,7-11H2,1H3. The minimum atomic E-state index is 0.160. The third-order valence-electron chi connectivity index (χ3n) is 2.57. The smallest absolute Gasteiger partial charge is 0.0914 e. The maximum absolute atomic E-state index is 5.89. The largest absolute Gasteiger partial charge is 0.382 e. The monoisotopic (exact) mass is 442 g/mol. The molecule has 1 aromatic rings. The van der Waals surface area contributed by atoms with Crippen molar-refractivity contribution in [1.29, 1.82) is 0 Å². The van der Waals surface area contributed by atoms with E-state index in [1.165, 1.54) is 5.56 Å². The number of methoxy groups -OCH3 is 1. The Labute approximate surface area is 137 Å². The molecule has 1 rings (SSSR count). The van der Waals surface area contributed by atoms with Gasteiger partial charge >= 0.3 is 0 Å². The van der Waals surface area contributed by atoms with Crippen LogP contribution in [0.2, 0.25) is 0 Å². The first-order valence-corrected chi connectivity index (χ1v) is 8.59. The molecule has 0 heterocycles. The molecule has 0 saturated carbocycles. The summed E-state index contributed by atoms with van der Waals surface area (Å²) in [7, 11) is 1.68. The Morgan fingerprint density at radius 3 is 2.47 bits per heavy atom. The molecule has 19 heavy (non-hydrogen) atoms. The quantitative estimate of drug-likeness (QED) is 0.311. The van der Waals surface area contributed by atoms with Crippen LogP contribution in [0.5, 0.6) is 0 Å². The van der Waals surface area contributed by atoms with Gasteiger partial charge in [-0.25, -0.2) is 0 Å². The summed E-state index contributed by atoms with van der Waals surface area (Å²) >= 11 is 5.80. The summed E-state index contributed by atoms with van der Waals surface area (Å²) in [5.41, 5.74) is 1.22. The average Bonchev–Trinajstić information content (AvgIpc) is 2.43. The number of halogens is 2. The molecule has 0 saturated heterocycles. The van der Waals surface area contributed by atoms with Crippen molar-refractivity contribution in [2.75, 3.05) is 38.0 Å². The van der Waals surface area contributed by atoms with Gasteiger partial charge in [0, 0.05) is 29.2 Å². The van der Waals surface area contributed by atoms with Crippen LogP contribution in [0.15, 0.2) is 28.7 Å². The van der Waals surface area contributed by atoms with Crippen LogP contribution < -0.4 is 0 Å². The Balaban J connectivity index is 2.20. The normalized spacial score (nSPS) is 12.6. The van der Waals surface area contributed by atoms with Gasteiger partial charge in [0.2, 0.25) is 0 Å². The summed E-state index contributed by atoms with van der Waals surface area (Å²) in [5, 5.41) is 0. The van der Waals surface area contributed by atoms with Crippen molar-refractivity contribution in [1.82, 2.24) is 0 Å². The van der Waals surface area contributed by atoms with Gasteiger partial charge in [-0.1, -0.05) is 50.7 Å². The van der Waals surface area contributed by atoms with Gasteiger partial charge in [0.25, 0.3) is 0 Å². The highest BCUT2D eigenvalue weighted by Crippen LogP contribution is 2.22. The van der Waals surface area contributed by atoms with E-state index in [4.69, 9.17) is 14.2 Å². The number of hydrogen-bond donors (Lipinski definition) is 0. The van der Waals surface area contributed by atoms with E-state index < -0.39 is 0 Å². The zero-order chi connectivity index (χ0) is 13.9. The Hall–Kier alpha value is 0.310. The van der Waals surface area contributed by atoms with E-state index in [0.29, 0.717) is 13.2 Å². The zero-order valence-corrected chi connectivity index (χ0v) is 14.9. The Morgan fingerprint density at radius 2 is 1.84 bits per heavy atom. The summed E-state index contributed by atoms with van der Waals surface area (Å²) in [4.78, 5) is 0. The molecule has 0 aliphatic rings. The predicted octanol–water partition coefficient (Wildman–Crippen LogP) is 3.99. The van der Waals surface area contributed by atoms with Crippen molar-refractivity contribution >= 4 is 38.5 Å². The number of ether oxygens (including phenoxy) is 3. The molecule has 108 valence electrons. The molecule has 0 radical (unpaired) electrons. The lowest BCUT2D eigenvalue weighted by Crippen LogP contribution is -2.10. The Kier molecular flexibility index (Phi) is 10.1. The molecule has 0 aromatic heterocycles. The second-order valence-electron chi connectivity index (χ2n) is 4.02. The summed E-state index contributed by atoms with van der Waals surface area (Å²) in [6.07, 6.45) is 1.07. The highest BCUT2D eigenvalue weighted by Gasteiger charge is 2.09. The average molecular weight is 443 g/mol. The fraction of sp³-hybridized carbons (Fsp3) is 0.571. The van der Waals surface area contributed by atoms with Crippen LogP contribution >= 0.6 is 38.5 Å². The van der Waals surface area contributed by atoms with Crippen LogP contribution in [-0.4, -0.2) is 38.0 Å². The van der Waals surface area contributed by atoms with Crippen LogP contribution in [0.1, 0.15) is 18.1 Å². The van der Waals surface area contributed by atoms with Gasteiger partial charge in [0.1, 0.15) is 0 Å². The Morgan fingerprint density at radius 1 is 1.11 bits per heavy atom. The minimum Gasteiger partial charge on any atom is -0.382 e. The van der Waals surface area contributed by atoms with Crippen molar-refractivity contribution in [3.63, 3.8) is 0 Å². The molecule has 0 spiro atoms. The molecule has 0 amide bonds. The van der Waals surface area contributed by atoms with E-state index in [-0.39, 0.29) is 6.10 Å². The third kappa shape index (κ3) is 7.60. The molecular weight excluding hydrogens is 423 g/mol. The molecular formula is C14H20BrIO3. The minimum absolute atomic E-state index is 0.160. The molecule has 1 aromatic carbocycles. The second-order valence-corrected chi connectivity index (χ2v) is 5.82. The molecule has 0 fully saturated rings. The van der Waals surface area contributed by atoms with Crippen molar-refractivity contribution < 1.29 is 14.2 Å². The van der Waals surface area contributed by atoms with Crippen molar-refractivity contribution in [3.05, 3.63) is 34.3 Å². The lowest BCUT2D eigenvalue weighted by Gasteiger charge is -2.16. The molecule has 1 atom stereocenters. The molecule has 3 nitrogen and oxygen atoms in total. The summed E-state index contributed by atoms with van der Waals surface area (Å²) in [6, 6.07) is 8.29. The van der Waals surface area contributed by atoms with Gasteiger partial charge in [-0.3, -0.25) is 0 Å². The summed E-state index contributed by atoms with van der Waals surface area (Å²) in [6.45, 7) is 2.74. The number of hydrogen-bond acceptors (Lipinski definition) is 3. The number of rotatable bonds is 10. The SMILES string of the molecule is COCCOCCCOC(CI)c1ccc(Br)cc1. The first-order valence-electron chi connectivity index (χ1n) is 6.27. The van der Waals surface area contributed by atoms with Gasteiger partial charge in [0.15, 0.2) is 0 Å². The van der Waals surface area contributed by atoms with Crippen molar-refractivity contribution in [3.8, 4) is 0 Å². The number of alkyl halides is 1. The van der Waals surface area contributed by atoms with Gasteiger partial charge in [-0.05, 0) is 24.1 Å². The van der Waals surface area contributed by atoms with Crippen molar-refractivity contribution in [2.45, 2.75) is 12.5 Å². The molecule has 0 N–H and O–H groups in total. The molecule has 1 unspecified atom stereocenters. The fourth-order valence-electron chi connectivity index (χ4n) is 1.54. The predicted molar refractivity (Wildman–Crippen MR) is 89.0 cm³/mol. The van der Waals surface area contributed by atoms with Gasteiger partial charge in [-0.15, -0.1) is 0 Å². The van der Waals surface area contributed by atoms with E-state index >= 15 is 0 Å². The first kappa shape index (κ1) is 17.4. The van der Waals surface area contributed by atoms with Crippen LogP contribution in [0, 0.1) is 0 Å². The van der Waals surface area contributed by atoms with Crippen LogP contribution in [0.4, 0.5) is 0 Å². The Bertz CT molecular complexity index is 332. The van der Waals surface area contributed by atoms with E-state index in [9.17, 15) is 0 Å². The molecule has 5 heteroatoms. The van der Waals surface area contributed by atoms with Crippen LogP contribution in [0.25, 0.3) is 0 Å².